The second-order valence-corrected chi connectivity index (χ2v) is 6.80. The van der Waals surface area contributed by atoms with Crippen LogP contribution >= 0.6 is 0 Å². The van der Waals surface area contributed by atoms with Crippen molar-refractivity contribution in [1.29, 1.82) is 0 Å². The van der Waals surface area contributed by atoms with Crippen LogP contribution in [0.15, 0.2) is 0 Å². The molecule has 0 radical (unpaired) electrons. The predicted molar refractivity (Wildman–Crippen MR) is 79.1 cm³/mol. The minimum absolute atomic E-state index is 0.0128. The van der Waals surface area contributed by atoms with Crippen LogP contribution in [0, 0.1) is 5.92 Å². The van der Waals surface area contributed by atoms with Crippen LogP contribution in [0.1, 0.15) is 41.0 Å². The molecule has 6 nitrogen and oxygen atoms in total. The molecule has 0 bridgehead atoms. The SMILES string of the molecule is COCOC[C@H]1O[C@H]1[C@H](CC(C)C)NC(=O)OC(C)(C)C. The maximum absolute atomic E-state index is 11.9. The summed E-state index contributed by atoms with van der Waals surface area (Å²) in [4.78, 5) is 11.9. The topological polar surface area (TPSA) is 69.3 Å². The van der Waals surface area contributed by atoms with Gasteiger partial charge in [0.1, 0.15) is 24.6 Å². The third kappa shape index (κ3) is 7.64. The molecule has 1 aliphatic heterocycles. The molecule has 0 aromatic rings. The number of carbonyl (C=O) groups excluding carboxylic acids is 1. The molecule has 1 N–H and O–H groups in total. The summed E-state index contributed by atoms with van der Waals surface area (Å²) in [6, 6.07) is -0.0593. The summed E-state index contributed by atoms with van der Waals surface area (Å²) in [6.45, 7) is 10.5. The first-order chi connectivity index (χ1) is 9.73. The number of amides is 1. The van der Waals surface area contributed by atoms with Crippen molar-refractivity contribution in [3.63, 3.8) is 0 Å². The van der Waals surface area contributed by atoms with E-state index < -0.39 is 11.7 Å². The highest BCUT2D eigenvalue weighted by Crippen LogP contribution is 2.29. The van der Waals surface area contributed by atoms with Crippen molar-refractivity contribution in [2.75, 3.05) is 20.5 Å². The van der Waals surface area contributed by atoms with Crippen LogP contribution in [0.25, 0.3) is 0 Å². The Bertz CT molecular complexity index is 327. The molecule has 0 unspecified atom stereocenters. The molecule has 1 aliphatic rings. The van der Waals surface area contributed by atoms with E-state index in [0.29, 0.717) is 12.5 Å². The Morgan fingerprint density at radius 2 is 2.00 bits per heavy atom. The minimum Gasteiger partial charge on any atom is -0.444 e. The molecule has 124 valence electrons. The Labute approximate surface area is 127 Å². The molecule has 1 fully saturated rings. The average Bonchev–Trinajstić information content (AvgIpc) is 3.04. The van der Waals surface area contributed by atoms with Gasteiger partial charge in [0.15, 0.2) is 0 Å². The number of methoxy groups -OCH3 is 1. The van der Waals surface area contributed by atoms with E-state index in [1.54, 1.807) is 7.11 Å². The molecule has 1 saturated heterocycles. The number of carbonyl (C=O) groups is 1. The lowest BCUT2D eigenvalue weighted by molar-refractivity contribution is -0.0352. The Hall–Kier alpha value is -0.850. The van der Waals surface area contributed by atoms with Crippen LogP contribution < -0.4 is 5.32 Å². The number of nitrogens with one attached hydrogen (secondary N) is 1. The number of epoxide rings is 1. The third-order valence-corrected chi connectivity index (χ3v) is 2.93. The lowest BCUT2D eigenvalue weighted by Crippen LogP contribution is -2.43. The molecule has 0 aromatic heterocycles. The maximum atomic E-state index is 11.9. The maximum Gasteiger partial charge on any atom is 0.407 e. The van der Waals surface area contributed by atoms with Crippen molar-refractivity contribution >= 4 is 6.09 Å². The summed E-state index contributed by atoms with van der Waals surface area (Å²) in [5.74, 6) is 0.453. The van der Waals surface area contributed by atoms with Crippen molar-refractivity contribution in [3.05, 3.63) is 0 Å². The fourth-order valence-corrected chi connectivity index (χ4v) is 2.13. The van der Waals surface area contributed by atoms with E-state index in [1.165, 1.54) is 0 Å². The van der Waals surface area contributed by atoms with E-state index in [0.717, 1.165) is 6.42 Å². The number of ether oxygens (including phenoxy) is 4. The fourth-order valence-electron chi connectivity index (χ4n) is 2.13. The van der Waals surface area contributed by atoms with Gasteiger partial charge in [-0.25, -0.2) is 4.79 Å². The molecule has 21 heavy (non-hydrogen) atoms. The van der Waals surface area contributed by atoms with Crippen LogP contribution in [0.2, 0.25) is 0 Å². The second-order valence-electron chi connectivity index (χ2n) is 6.80. The van der Waals surface area contributed by atoms with Gasteiger partial charge in [0, 0.05) is 7.11 Å². The standard InChI is InChI=1S/C15H29NO5/c1-10(2)7-11(16-14(17)21-15(3,4)5)13-12(20-13)8-19-9-18-6/h10-13H,7-9H2,1-6H3,(H,16,17)/t11-,12+,13-/m0/s1. The summed E-state index contributed by atoms with van der Waals surface area (Å²) in [5.41, 5.74) is -0.502. The molecule has 1 amide bonds. The molecule has 1 rings (SSSR count). The summed E-state index contributed by atoms with van der Waals surface area (Å²) >= 11 is 0. The van der Waals surface area contributed by atoms with Gasteiger partial charge >= 0.3 is 6.09 Å². The summed E-state index contributed by atoms with van der Waals surface area (Å²) in [6.07, 6.45) is 0.431. The Balaban J connectivity index is 2.44. The normalized spacial score (nSPS) is 23.0. The van der Waals surface area contributed by atoms with E-state index in [-0.39, 0.29) is 25.0 Å². The highest BCUT2D eigenvalue weighted by atomic mass is 16.7. The number of hydrogen-bond acceptors (Lipinski definition) is 5. The van der Waals surface area contributed by atoms with Crippen LogP contribution in [-0.4, -0.2) is 50.5 Å². The van der Waals surface area contributed by atoms with E-state index in [4.69, 9.17) is 18.9 Å². The molecule has 0 spiro atoms. The first-order valence-corrected chi connectivity index (χ1v) is 7.44. The first kappa shape index (κ1) is 18.2. The van der Waals surface area contributed by atoms with Crippen LogP contribution in [0.4, 0.5) is 4.79 Å². The number of rotatable bonds is 8. The van der Waals surface area contributed by atoms with Crippen molar-refractivity contribution in [2.45, 2.75) is 64.9 Å². The van der Waals surface area contributed by atoms with Crippen molar-refractivity contribution in [3.8, 4) is 0 Å². The predicted octanol–water partition coefficient (Wildman–Crippen LogP) is 2.31. The largest absolute Gasteiger partial charge is 0.444 e. The van der Waals surface area contributed by atoms with Gasteiger partial charge in [0.2, 0.25) is 0 Å². The van der Waals surface area contributed by atoms with Crippen LogP contribution in [-0.2, 0) is 18.9 Å². The van der Waals surface area contributed by atoms with Crippen molar-refractivity contribution < 1.29 is 23.7 Å². The van der Waals surface area contributed by atoms with Crippen LogP contribution in [0.3, 0.4) is 0 Å². The molecular formula is C15H29NO5. The van der Waals surface area contributed by atoms with Gasteiger partial charge in [0.05, 0.1) is 12.6 Å². The summed E-state index contributed by atoms with van der Waals surface area (Å²) in [7, 11) is 1.58. The lowest BCUT2D eigenvalue weighted by atomic mass is 10.00. The van der Waals surface area contributed by atoms with Crippen molar-refractivity contribution in [2.24, 2.45) is 5.92 Å². The Kier molecular flexibility index (Phi) is 6.90. The van der Waals surface area contributed by atoms with Gasteiger partial charge in [-0.05, 0) is 33.1 Å². The molecule has 1 heterocycles. The quantitative estimate of drug-likeness (QED) is 0.423. The second kappa shape index (κ2) is 7.96. The van der Waals surface area contributed by atoms with Gasteiger partial charge in [-0.3, -0.25) is 0 Å². The summed E-state index contributed by atoms with van der Waals surface area (Å²) in [5, 5.41) is 2.91. The first-order valence-electron chi connectivity index (χ1n) is 7.44. The zero-order valence-corrected chi connectivity index (χ0v) is 14.0. The van der Waals surface area contributed by atoms with Gasteiger partial charge < -0.3 is 24.3 Å². The Morgan fingerprint density at radius 1 is 1.33 bits per heavy atom. The fraction of sp³-hybridized carbons (Fsp3) is 0.933. The van der Waals surface area contributed by atoms with Gasteiger partial charge in [0.25, 0.3) is 0 Å². The number of hydrogen-bond donors (Lipinski definition) is 1. The molecule has 6 heteroatoms. The Morgan fingerprint density at radius 3 is 2.52 bits per heavy atom. The molecule has 0 aromatic carbocycles. The average molecular weight is 303 g/mol. The molecule has 0 saturated carbocycles. The summed E-state index contributed by atoms with van der Waals surface area (Å²) < 4.78 is 21.0. The highest BCUT2D eigenvalue weighted by Gasteiger charge is 2.46. The third-order valence-electron chi connectivity index (χ3n) is 2.93. The molecule has 0 aliphatic carbocycles. The minimum atomic E-state index is -0.502. The van der Waals surface area contributed by atoms with Gasteiger partial charge in [-0.1, -0.05) is 13.8 Å². The van der Waals surface area contributed by atoms with E-state index in [9.17, 15) is 4.79 Å². The van der Waals surface area contributed by atoms with Crippen LogP contribution in [0.5, 0.6) is 0 Å². The smallest absolute Gasteiger partial charge is 0.407 e. The van der Waals surface area contributed by atoms with E-state index >= 15 is 0 Å². The zero-order valence-electron chi connectivity index (χ0n) is 14.0. The molecule has 3 atom stereocenters. The number of alkyl carbamates (subject to hydrolysis) is 1. The highest BCUT2D eigenvalue weighted by molar-refractivity contribution is 5.68. The van der Waals surface area contributed by atoms with Gasteiger partial charge in [-0.2, -0.15) is 0 Å². The molecular weight excluding hydrogens is 274 g/mol. The monoisotopic (exact) mass is 303 g/mol. The van der Waals surface area contributed by atoms with E-state index in [1.807, 2.05) is 20.8 Å². The van der Waals surface area contributed by atoms with Crippen molar-refractivity contribution in [1.82, 2.24) is 5.32 Å². The lowest BCUT2D eigenvalue weighted by Gasteiger charge is -2.24. The zero-order chi connectivity index (χ0) is 16.0. The van der Waals surface area contributed by atoms with E-state index in [2.05, 4.69) is 19.2 Å². The van der Waals surface area contributed by atoms with Gasteiger partial charge in [-0.15, -0.1) is 0 Å².